The van der Waals surface area contributed by atoms with Crippen LogP contribution in [0.25, 0.3) is 0 Å². The molecule has 0 aliphatic carbocycles. The summed E-state index contributed by atoms with van der Waals surface area (Å²) in [6.45, 7) is 1.49. The first-order valence-corrected chi connectivity index (χ1v) is 19.3. The summed E-state index contributed by atoms with van der Waals surface area (Å²) in [6, 6.07) is 20.6. The van der Waals surface area contributed by atoms with Gasteiger partial charge in [0.25, 0.3) is 11.8 Å². The molecule has 13 nitrogen and oxygen atoms in total. The van der Waals surface area contributed by atoms with E-state index in [0.717, 1.165) is 53.9 Å². The van der Waals surface area contributed by atoms with Crippen LogP contribution in [0.5, 0.6) is 23.0 Å². The molecule has 0 saturated carbocycles. The number of methoxy groups -OCH3 is 2. The molecule has 294 valence electrons. The van der Waals surface area contributed by atoms with Crippen LogP contribution in [0.4, 0.5) is 28.4 Å². The van der Waals surface area contributed by atoms with Crippen LogP contribution >= 0.6 is 0 Å². The summed E-state index contributed by atoms with van der Waals surface area (Å²) < 4.78 is 23.6. The van der Waals surface area contributed by atoms with E-state index >= 15 is 0 Å². The Morgan fingerprint density at radius 3 is 1.86 bits per heavy atom. The summed E-state index contributed by atoms with van der Waals surface area (Å²) in [5, 5.41) is 8.99. The molecule has 4 aliphatic heterocycles. The van der Waals surface area contributed by atoms with Crippen LogP contribution < -0.4 is 33.6 Å². The fourth-order valence-corrected chi connectivity index (χ4v) is 8.01. The van der Waals surface area contributed by atoms with Gasteiger partial charge in [-0.15, -0.1) is 0 Å². The average molecular weight is 772 g/mol. The highest BCUT2D eigenvalue weighted by atomic mass is 16.5. The van der Waals surface area contributed by atoms with E-state index in [-0.39, 0.29) is 30.3 Å². The maximum atomic E-state index is 14.0. The minimum absolute atomic E-state index is 0.107. The number of fused-ring (bicyclic) bond motifs is 8. The van der Waals surface area contributed by atoms with Crippen LogP contribution in [-0.2, 0) is 17.6 Å². The number of carboxylic acid groups (broad SMARTS) is 1. The van der Waals surface area contributed by atoms with Gasteiger partial charge in [0, 0.05) is 74.5 Å². The van der Waals surface area contributed by atoms with Gasteiger partial charge in [-0.05, 0) is 73.2 Å². The minimum atomic E-state index is -0.804. The number of nitrogens with zero attached hydrogens (tertiary/aromatic N) is 5. The number of unbranched alkanes of at least 4 members (excludes halogenated alkanes) is 2. The van der Waals surface area contributed by atoms with Crippen LogP contribution in [0.1, 0.15) is 63.9 Å². The zero-order valence-corrected chi connectivity index (χ0v) is 32.3. The SMILES string of the molecule is COc1cc2c(cc1OCCCCCOc1cc3c(cc1OC)C(=O)N1c4ccc(N(C)CCCC(=O)O)cc4C[C@H]1C=N3)N=C[C@@H]1Cc3ccccc3N1C2=O. The molecule has 2 amide bonds. The number of ether oxygens (including phenoxy) is 4. The summed E-state index contributed by atoms with van der Waals surface area (Å²) in [7, 11) is 5.06. The normalized spacial score (nSPS) is 17.1. The highest BCUT2D eigenvalue weighted by molar-refractivity contribution is 6.16. The molecule has 1 N–H and O–H groups in total. The number of carbonyl (C=O) groups excluding carboxylic acids is 2. The molecule has 4 aromatic rings. The molecule has 8 rings (SSSR count). The topological polar surface area (TPSA) is 143 Å². The van der Waals surface area contributed by atoms with Gasteiger partial charge in [0.1, 0.15) is 0 Å². The summed E-state index contributed by atoms with van der Waals surface area (Å²) in [5.74, 6) is 0.926. The second-order valence-corrected chi connectivity index (χ2v) is 14.6. The standard InChI is InChI=1S/C44H45N5O8/c1-47(15-9-12-42(50)51)29-13-14-37-28(19-29)20-31-26-46-35-24-41(39(55-3)22-33(35)44(53)49(31)37)57-17-8-4-7-16-56-40-23-34-32(21-38(40)54-2)43(52)48-30(25-45-34)18-27-10-5-6-11-36(27)48/h5-6,10-11,13-14,19,21-26,30-31H,4,7-9,12,15-18,20H2,1-3H3,(H,50,51)/t30-,31-/m0/s1. The smallest absolute Gasteiger partial charge is 0.303 e. The molecule has 0 fully saturated rings. The zero-order valence-electron chi connectivity index (χ0n) is 32.3. The predicted molar refractivity (Wildman–Crippen MR) is 219 cm³/mol. The molecule has 4 aromatic carbocycles. The van der Waals surface area contributed by atoms with Gasteiger partial charge in [-0.2, -0.15) is 0 Å². The molecule has 4 heterocycles. The van der Waals surface area contributed by atoms with E-state index in [1.807, 2.05) is 59.6 Å². The van der Waals surface area contributed by atoms with E-state index in [4.69, 9.17) is 34.0 Å². The van der Waals surface area contributed by atoms with E-state index in [1.54, 1.807) is 43.4 Å². The lowest BCUT2D eigenvalue weighted by atomic mass is 10.1. The van der Waals surface area contributed by atoms with Crippen molar-refractivity contribution < 1.29 is 38.4 Å². The van der Waals surface area contributed by atoms with Crippen molar-refractivity contribution in [3.05, 3.63) is 89.0 Å². The molecule has 4 aliphatic rings. The Morgan fingerprint density at radius 1 is 0.719 bits per heavy atom. The molecule has 57 heavy (non-hydrogen) atoms. The van der Waals surface area contributed by atoms with Crippen molar-refractivity contribution in [3.8, 4) is 23.0 Å². The second-order valence-electron chi connectivity index (χ2n) is 14.6. The average Bonchev–Trinajstić information content (AvgIpc) is 3.70. The van der Waals surface area contributed by atoms with E-state index in [0.29, 0.717) is 78.1 Å². The Kier molecular flexibility index (Phi) is 10.5. The third kappa shape index (κ3) is 7.37. The van der Waals surface area contributed by atoms with E-state index in [2.05, 4.69) is 12.1 Å². The second kappa shape index (κ2) is 16.0. The molecule has 0 bridgehead atoms. The Bertz CT molecular complexity index is 2290. The van der Waals surface area contributed by atoms with Crippen molar-refractivity contribution in [1.82, 2.24) is 0 Å². The van der Waals surface area contributed by atoms with Crippen LogP contribution in [0, 0.1) is 0 Å². The molecular weight excluding hydrogens is 727 g/mol. The van der Waals surface area contributed by atoms with Crippen molar-refractivity contribution in [2.24, 2.45) is 9.98 Å². The molecule has 0 unspecified atom stereocenters. The van der Waals surface area contributed by atoms with Gasteiger partial charge in [-0.1, -0.05) is 18.2 Å². The lowest BCUT2D eigenvalue weighted by molar-refractivity contribution is -0.137. The summed E-state index contributed by atoms with van der Waals surface area (Å²) in [4.78, 5) is 53.7. The Labute approximate surface area is 331 Å². The first-order valence-electron chi connectivity index (χ1n) is 19.3. The van der Waals surface area contributed by atoms with Gasteiger partial charge in [0.2, 0.25) is 0 Å². The maximum absolute atomic E-state index is 14.0. The third-order valence-electron chi connectivity index (χ3n) is 11.0. The van der Waals surface area contributed by atoms with Gasteiger partial charge >= 0.3 is 5.97 Å². The van der Waals surface area contributed by atoms with Gasteiger partial charge in [0.15, 0.2) is 23.0 Å². The van der Waals surface area contributed by atoms with E-state index < -0.39 is 5.97 Å². The molecule has 0 aromatic heterocycles. The van der Waals surface area contributed by atoms with E-state index in [1.165, 1.54) is 0 Å². The highest BCUT2D eigenvalue weighted by Crippen LogP contribution is 2.43. The number of anilines is 3. The van der Waals surface area contributed by atoms with Crippen molar-refractivity contribution >= 4 is 58.6 Å². The van der Waals surface area contributed by atoms with Crippen LogP contribution in [-0.4, -0.2) is 88.4 Å². The van der Waals surface area contributed by atoms with Gasteiger partial charge in [-0.3, -0.25) is 34.2 Å². The Hall–Kier alpha value is -6.37. The fourth-order valence-electron chi connectivity index (χ4n) is 8.01. The number of carboxylic acids is 1. The zero-order chi connectivity index (χ0) is 39.6. The number of para-hydroxylation sites is 1. The Balaban J connectivity index is 0.855. The fraction of sp³-hybridized carbons (Fsp3) is 0.341. The molecule has 2 atom stereocenters. The summed E-state index contributed by atoms with van der Waals surface area (Å²) in [5.41, 5.74) is 6.91. The van der Waals surface area contributed by atoms with Crippen molar-refractivity contribution in [2.75, 3.05) is 55.7 Å². The van der Waals surface area contributed by atoms with E-state index in [9.17, 15) is 14.4 Å². The largest absolute Gasteiger partial charge is 0.493 e. The highest BCUT2D eigenvalue weighted by Gasteiger charge is 2.38. The molecule has 0 saturated heterocycles. The number of carbonyl (C=O) groups is 3. The molecule has 0 radical (unpaired) electrons. The lowest BCUT2D eigenvalue weighted by Gasteiger charge is -2.23. The number of hydrogen-bond donors (Lipinski definition) is 1. The number of aliphatic carboxylic acids is 1. The number of amides is 2. The van der Waals surface area contributed by atoms with Gasteiger partial charge in [-0.25, -0.2) is 0 Å². The minimum Gasteiger partial charge on any atom is -0.493 e. The number of benzene rings is 4. The maximum Gasteiger partial charge on any atom is 0.303 e. The summed E-state index contributed by atoms with van der Waals surface area (Å²) >= 11 is 0. The van der Waals surface area contributed by atoms with Crippen molar-refractivity contribution in [3.63, 3.8) is 0 Å². The first-order chi connectivity index (χ1) is 27.7. The van der Waals surface area contributed by atoms with Crippen LogP contribution in [0.3, 0.4) is 0 Å². The quantitative estimate of drug-likeness (QED) is 0.124. The van der Waals surface area contributed by atoms with Gasteiger partial charge < -0.3 is 29.0 Å². The van der Waals surface area contributed by atoms with Crippen LogP contribution in [0.15, 0.2) is 76.7 Å². The molecule has 13 heteroatoms. The number of rotatable bonds is 15. The van der Waals surface area contributed by atoms with Gasteiger partial charge in [0.05, 0.1) is 62.0 Å². The summed E-state index contributed by atoms with van der Waals surface area (Å²) in [6.07, 6.45) is 8.04. The molecule has 0 spiro atoms. The van der Waals surface area contributed by atoms with Crippen LogP contribution in [0.2, 0.25) is 0 Å². The monoisotopic (exact) mass is 771 g/mol. The number of hydrogen-bond acceptors (Lipinski definition) is 10. The van der Waals surface area contributed by atoms with Crippen molar-refractivity contribution in [2.45, 2.75) is 57.0 Å². The third-order valence-corrected chi connectivity index (χ3v) is 11.0. The lowest BCUT2D eigenvalue weighted by Crippen LogP contribution is -2.37. The Morgan fingerprint density at radius 2 is 1.28 bits per heavy atom. The predicted octanol–water partition coefficient (Wildman–Crippen LogP) is 7.21. The molecular formula is C44H45N5O8. The van der Waals surface area contributed by atoms with Crippen molar-refractivity contribution in [1.29, 1.82) is 0 Å². The number of aliphatic imine (C=N–C) groups is 2. The first kappa shape index (κ1) is 37.5.